The number of H-pyrrole nitrogens is 1. The molecule has 0 radical (unpaired) electrons. The predicted octanol–water partition coefficient (Wildman–Crippen LogP) is 4.68. The summed E-state index contributed by atoms with van der Waals surface area (Å²) in [5, 5.41) is 22.0. The zero-order valence-corrected chi connectivity index (χ0v) is 18.1. The van der Waals surface area contributed by atoms with Crippen LogP contribution in [0.1, 0.15) is 16.7 Å². The van der Waals surface area contributed by atoms with Crippen LogP contribution >= 0.6 is 0 Å². The molecule has 5 nitrogen and oxygen atoms in total. The Morgan fingerprint density at radius 3 is 2.56 bits per heavy atom. The molecule has 1 aliphatic heterocycles. The minimum atomic E-state index is 0.167. The van der Waals surface area contributed by atoms with Crippen LogP contribution in [-0.2, 0) is 6.54 Å². The lowest BCUT2D eigenvalue weighted by Gasteiger charge is -2.09. The molecule has 1 aliphatic rings. The normalized spacial score (nSPS) is 13.7. The molecule has 0 bridgehead atoms. The second-order valence-electron chi connectivity index (χ2n) is 8.25. The average Bonchev–Trinajstić information content (AvgIpc) is 3.33. The number of benzene rings is 3. The van der Waals surface area contributed by atoms with Gasteiger partial charge in [0, 0.05) is 28.2 Å². The SMILES string of the molecule is CN(C)Cc1ccc(/C=C/C2=c3cc/c(=C\c4c(O)[nH]c5ccccc45)cc3N=N2)cc1. The van der Waals surface area contributed by atoms with Gasteiger partial charge in [-0.3, -0.25) is 0 Å². The highest BCUT2D eigenvalue weighted by Gasteiger charge is 2.09. The predicted molar refractivity (Wildman–Crippen MR) is 130 cm³/mol. The molecule has 0 atom stereocenters. The molecular formula is C27H24N4O. The molecule has 0 fully saturated rings. The minimum Gasteiger partial charge on any atom is -0.494 e. The van der Waals surface area contributed by atoms with Gasteiger partial charge in [0.2, 0.25) is 0 Å². The standard InChI is InChI=1S/C27H24N4O/c1-31(2)17-19-9-7-18(8-10-19)12-14-25-22-13-11-20(16-26(22)30-29-25)15-23-21-5-3-4-6-24(21)28-27(23)32/h3-16,28,32H,17H2,1-2H3/b14-12+,20-15+. The number of aromatic hydroxyl groups is 1. The van der Waals surface area contributed by atoms with Gasteiger partial charge in [0.15, 0.2) is 5.88 Å². The van der Waals surface area contributed by atoms with E-state index < -0.39 is 0 Å². The number of hydrogen-bond donors (Lipinski definition) is 2. The lowest BCUT2D eigenvalue weighted by atomic mass is 10.1. The van der Waals surface area contributed by atoms with Crippen molar-refractivity contribution in [2.24, 2.45) is 10.2 Å². The summed E-state index contributed by atoms with van der Waals surface area (Å²) in [7, 11) is 4.14. The van der Waals surface area contributed by atoms with Crippen LogP contribution in [0.15, 0.2) is 83.0 Å². The maximum Gasteiger partial charge on any atom is 0.196 e. The van der Waals surface area contributed by atoms with E-state index in [-0.39, 0.29) is 5.88 Å². The van der Waals surface area contributed by atoms with Crippen LogP contribution in [0.5, 0.6) is 5.88 Å². The van der Waals surface area contributed by atoms with Crippen molar-refractivity contribution >= 4 is 34.4 Å². The van der Waals surface area contributed by atoms with Crippen LogP contribution < -0.4 is 10.4 Å². The van der Waals surface area contributed by atoms with Gasteiger partial charge in [0.05, 0.1) is 11.4 Å². The summed E-state index contributed by atoms with van der Waals surface area (Å²) in [5.74, 6) is 0.167. The Bertz CT molecular complexity index is 1470. The first-order valence-electron chi connectivity index (χ1n) is 10.6. The van der Waals surface area contributed by atoms with E-state index in [4.69, 9.17) is 0 Å². The Balaban J connectivity index is 1.44. The van der Waals surface area contributed by atoms with E-state index in [1.54, 1.807) is 0 Å². The lowest BCUT2D eigenvalue weighted by Crippen LogP contribution is -2.10. The summed E-state index contributed by atoms with van der Waals surface area (Å²) in [6, 6.07) is 22.5. The number of aromatic amines is 1. The first-order chi connectivity index (χ1) is 15.6. The molecule has 5 heteroatoms. The molecule has 0 saturated heterocycles. The number of aromatic nitrogens is 1. The van der Waals surface area contributed by atoms with Crippen molar-refractivity contribution in [3.05, 3.63) is 99.9 Å². The van der Waals surface area contributed by atoms with E-state index in [1.807, 2.05) is 54.6 Å². The Labute approximate surface area is 186 Å². The summed E-state index contributed by atoms with van der Waals surface area (Å²) >= 11 is 0. The fourth-order valence-corrected chi connectivity index (χ4v) is 3.96. The van der Waals surface area contributed by atoms with Gasteiger partial charge in [0.25, 0.3) is 0 Å². The van der Waals surface area contributed by atoms with Gasteiger partial charge in [-0.05, 0) is 60.8 Å². The van der Waals surface area contributed by atoms with E-state index in [1.165, 1.54) is 5.56 Å². The Hall–Kier alpha value is -3.96. The quantitative estimate of drug-likeness (QED) is 0.492. The van der Waals surface area contributed by atoms with Crippen molar-refractivity contribution in [2.45, 2.75) is 6.54 Å². The lowest BCUT2D eigenvalue weighted by molar-refractivity contribution is 0.402. The first-order valence-corrected chi connectivity index (χ1v) is 10.6. The molecule has 0 unspecified atom stereocenters. The zero-order valence-electron chi connectivity index (χ0n) is 18.1. The molecule has 0 aliphatic carbocycles. The van der Waals surface area contributed by atoms with E-state index in [0.717, 1.165) is 50.4 Å². The highest BCUT2D eigenvalue weighted by atomic mass is 16.3. The van der Waals surface area contributed by atoms with Gasteiger partial charge in [-0.2, -0.15) is 0 Å². The smallest absolute Gasteiger partial charge is 0.196 e. The Kier molecular flexibility index (Phi) is 5.17. The van der Waals surface area contributed by atoms with Gasteiger partial charge < -0.3 is 15.0 Å². The molecule has 4 aromatic rings. The maximum atomic E-state index is 10.3. The Morgan fingerprint density at radius 2 is 1.75 bits per heavy atom. The molecule has 2 N–H and O–H groups in total. The van der Waals surface area contributed by atoms with E-state index >= 15 is 0 Å². The average molecular weight is 421 g/mol. The molecule has 1 aromatic heterocycles. The molecule has 5 rings (SSSR count). The van der Waals surface area contributed by atoms with Crippen molar-refractivity contribution in [1.82, 2.24) is 9.88 Å². The summed E-state index contributed by atoms with van der Waals surface area (Å²) in [5.41, 5.74) is 5.78. The van der Waals surface area contributed by atoms with Crippen LogP contribution in [0.25, 0.3) is 28.8 Å². The van der Waals surface area contributed by atoms with E-state index in [9.17, 15) is 5.11 Å². The summed E-state index contributed by atoms with van der Waals surface area (Å²) in [6.07, 6.45) is 6.03. The third-order valence-corrected chi connectivity index (χ3v) is 5.51. The van der Waals surface area contributed by atoms with Crippen LogP contribution in [0.4, 0.5) is 5.69 Å². The van der Waals surface area contributed by atoms with Crippen LogP contribution in [0, 0.1) is 0 Å². The van der Waals surface area contributed by atoms with Crippen LogP contribution in [0.2, 0.25) is 0 Å². The number of hydrogen-bond acceptors (Lipinski definition) is 4. The number of nitrogens with zero attached hydrogens (tertiary/aromatic N) is 3. The molecule has 0 spiro atoms. The largest absolute Gasteiger partial charge is 0.494 e. The number of fused-ring (bicyclic) bond motifs is 2. The summed E-state index contributed by atoms with van der Waals surface area (Å²) in [6.45, 7) is 0.929. The molecule has 3 aromatic carbocycles. The monoisotopic (exact) mass is 420 g/mol. The van der Waals surface area contributed by atoms with Gasteiger partial charge in [-0.15, -0.1) is 10.2 Å². The fraction of sp³-hybridized carbons (Fsp3) is 0.111. The van der Waals surface area contributed by atoms with Gasteiger partial charge in [0.1, 0.15) is 0 Å². The third-order valence-electron chi connectivity index (χ3n) is 5.51. The van der Waals surface area contributed by atoms with Gasteiger partial charge in [-0.25, -0.2) is 0 Å². The summed E-state index contributed by atoms with van der Waals surface area (Å²) in [4.78, 5) is 5.17. The van der Waals surface area contributed by atoms with E-state index in [2.05, 4.69) is 64.5 Å². The third kappa shape index (κ3) is 3.98. The highest BCUT2D eigenvalue weighted by molar-refractivity contribution is 5.91. The second kappa shape index (κ2) is 8.29. The Morgan fingerprint density at radius 1 is 0.938 bits per heavy atom. The molecule has 2 heterocycles. The fourth-order valence-electron chi connectivity index (χ4n) is 3.96. The number of rotatable bonds is 5. The van der Waals surface area contributed by atoms with E-state index in [0.29, 0.717) is 0 Å². The number of para-hydroxylation sites is 1. The van der Waals surface area contributed by atoms with Crippen molar-refractivity contribution in [3.63, 3.8) is 0 Å². The zero-order chi connectivity index (χ0) is 22.1. The second-order valence-corrected chi connectivity index (χ2v) is 8.25. The topological polar surface area (TPSA) is 64.0 Å². The maximum absolute atomic E-state index is 10.3. The van der Waals surface area contributed by atoms with Crippen molar-refractivity contribution in [2.75, 3.05) is 14.1 Å². The first kappa shape index (κ1) is 20.0. The van der Waals surface area contributed by atoms with Crippen LogP contribution in [-0.4, -0.2) is 29.1 Å². The highest BCUT2D eigenvalue weighted by Crippen LogP contribution is 2.27. The van der Waals surface area contributed by atoms with Crippen molar-refractivity contribution in [1.29, 1.82) is 0 Å². The van der Waals surface area contributed by atoms with Gasteiger partial charge in [-0.1, -0.05) is 54.6 Å². The van der Waals surface area contributed by atoms with Crippen molar-refractivity contribution in [3.8, 4) is 5.88 Å². The molecule has 0 saturated carbocycles. The number of nitrogens with one attached hydrogen (secondary N) is 1. The molecular weight excluding hydrogens is 396 g/mol. The molecule has 158 valence electrons. The molecule has 0 amide bonds. The number of azo groups is 1. The minimum absolute atomic E-state index is 0.167. The van der Waals surface area contributed by atoms with Crippen LogP contribution in [0.3, 0.4) is 0 Å². The van der Waals surface area contributed by atoms with Crippen molar-refractivity contribution < 1.29 is 5.11 Å². The molecule has 32 heavy (non-hydrogen) atoms. The van der Waals surface area contributed by atoms with Gasteiger partial charge >= 0.3 is 0 Å². The summed E-state index contributed by atoms with van der Waals surface area (Å²) < 4.78 is 0.